The summed E-state index contributed by atoms with van der Waals surface area (Å²) in [5.41, 5.74) is 0.834. The fraction of sp³-hybridized carbons (Fsp3) is 0.818. The van der Waals surface area contributed by atoms with Crippen molar-refractivity contribution >= 4 is 17.2 Å². The molecule has 4 rings (SSSR count). The Bertz CT molecular complexity index is 718. The maximum absolute atomic E-state index is 12.9. The highest BCUT2D eigenvalue weighted by atomic mass is 32.1. The zero-order valence-corrected chi connectivity index (χ0v) is 19.3. The van der Waals surface area contributed by atoms with Crippen LogP contribution in [0.3, 0.4) is 0 Å². The first-order valence-electron chi connectivity index (χ1n) is 11.2. The van der Waals surface area contributed by atoms with Gasteiger partial charge in [0.1, 0.15) is 4.88 Å². The van der Waals surface area contributed by atoms with Crippen LogP contribution in [0.4, 0.5) is 0 Å². The number of hydrogen-bond donors (Lipinski definition) is 0. The lowest BCUT2D eigenvalue weighted by molar-refractivity contribution is -0.132. The molecule has 3 fully saturated rings. The van der Waals surface area contributed by atoms with Crippen molar-refractivity contribution in [2.24, 2.45) is 0 Å². The third-order valence-corrected chi connectivity index (χ3v) is 8.18. The van der Waals surface area contributed by atoms with Gasteiger partial charge in [-0.25, -0.2) is 4.98 Å². The molecule has 0 N–H and O–H groups in total. The Morgan fingerprint density at radius 3 is 2.41 bits per heavy atom. The highest BCUT2D eigenvalue weighted by Gasteiger charge is 2.43. The summed E-state index contributed by atoms with van der Waals surface area (Å²) in [5.74, 6) is 0.153. The van der Waals surface area contributed by atoms with Crippen molar-refractivity contribution in [1.82, 2.24) is 19.7 Å². The van der Waals surface area contributed by atoms with Crippen molar-refractivity contribution in [2.75, 3.05) is 45.9 Å². The van der Waals surface area contributed by atoms with E-state index >= 15 is 0 Å². The lowest BCUT2D eigenvalue weighted by Gasteiger charge is -2.50. The number of nitrogens with zero attached hydrogens (tertiary/aromatic N) is 4. The van der Waals surface area contributed by atoms with E-state index in [4.69, 9.17) is 4.74 Å². The first-order valence-corrected chi connectivity index (χ1v) is 12.0. The largest absolute Gasteiger partial charge is 0.375 e. The molecule has 1 amide bonds. The van der Waals surface area contributed by atoms with E-state index in [1.54, 1.807) is 0 Å². The monoisotopic (exact) mass is 420 g/mol. The number of aromatic nitrogens is 1. The molecule has 29 heavy (non-hydrogen) atoms. The molecule has 1 aromatic rings. The van der Waals surface area contributed by atoms with Gasteiger partial charge in [0.05, 0.1) is 16.3 Å². The van der Waals surface area contributed by atoms with Crippen molar-refractivity contribution in [1.29, 1.82) is 0 Å². The van der Waals surface area contributed by atoms with E-state index < -0.39 is 0 Å². The number of ether oxygens (including phenoxy) is 1. The zero-order chi connectivity index (χ0) is 20.6. The molecular weight excluding hydrogens is 384 g/mol. The molecule has 0 bridgehead atoms. The number of rotatable bonds is 3. The summed E-state index contributed by atoms with van der Waals surface area (Å²) < 4.78 is 6.36. The number of likely N-dealkylation sites (tertiary alicyclic amines) is 1. The van der Waals surface area contributed by atoms with Crippen molar-refractivity contribution < 1.29 is 9.53 Å². The topological polar surface area (TPSA) is 48.9 Å². The van der Waals surface area contributed by atoms with E-state index in [-0.39, 0.29) is 11.5 Å². The minimum absolute atomic E-state index is 0.0342. The first-order chi connectivity index (χ1) is 13.9. The zero-order valence-electron chi connectivity index (χ0n) is 18.4. The predicted octanol–water partition coefficient (Wildman–Crippen LogP) is 2.94. The van der Waals surface area contributed by atoms with Crippen LogP contribution in [0.25, 0.3) is 0 Å². The molecule has 162 valence electrons. The predicted molar refractivity (Wildman–Crippen MR) is 117 cm³/mol. The molecule has 6 nitrogen and oxygen atoms in total. The average Bonchev–Trinajstić information content (AvgIpc) is 3.06. The van der Waals surface area contributed by atoms with Gasteiger partial charge in [0.25, 0.3) is 5.91 Å². The molecule has 3 aliphatic heterocycles. The van der Waals surface area contributed by atoms with E-state index in [2.05, 4.69) is 28.6 Å². The molecule has 0 aromatic carbocycles. The van der Waals surface area contributed by atoms with Crippen LogP contribution in [-0.2, 0) is 4.74 Å². The number of carbonyl (C=O) groups is 1. The Hall–Kier alpha value is -1.02. The summed E-state index contributed by atoms with van der Waals surface area (Å²) in [4.78, 5) is 25.5. The number of hydrogen-bond acceptors (Lipinski definition) is 6. The van der Waals surface area contributed by atoms with Crippen molar-refractivity contribution in [3.05, 3.63) is 15.6 Å². The maximum Gasteiger partial charge on any atom is 0.265 e. The molecule has 4 heterocycles. The highest BCUT2D eigenvalue weighted by Crippen LogP contribution is 2.37. The lowest BCUT2D eigenvalue weighted by Crippen LogP contribution is -2.58. The van der Waals surface area contributed by atoms with Crippen LogP contribution >= 0.6 is 11.3 Å². The van der Waals surface area contributed by atoms with Crippen LogP contribution in [-0.4, -0.2) is 89.2 Å². The summed E-state index contributed by atoms with van der Waals surface area (Å²) >= 11 is 1.52. The summed E-state index contributed by atoms with van der Waals surface area (Å²) in [6.45, 7) is 15.7. The summed E-state index contributed by atoms with van der Waals surface area (Å²) in [5, 5.41) is 0.968. The van der Waals surface area contributed by atoms with Crippen LogP contribution < -0.4 is 0 Å². The summed E-state index contributed by atoms with van der Waals surface area (Å²) in [6, 6.07) is 1.28. The molecule has 0 radical (unpaired) electrons. The number of thiazole rings is 1. The molecule has 7 heteroatoms. The van der Waals surface area contributed by atoms with E-state index in [9.17, 15) is 4.79 Å². The van der Waals surface area contributed by atoms with Gasteiger partial charge in [-0.05, 0) is 53.4 Å². The Kier molecular flexibility index (Phi) is 6.30. The standard InChI is InChI=1S/C22H36N4O2S/c1-16(2)24-10-12-25(13-11-24)19-5-14-28-22(15-19)6-8-26(9-7-22)21(27)20-17(3)23-18(4)29-20/h16,19H,5-15H2,1-4H3/t19-/m0/s1. The number of amides is 1. The fourth-order valence-corrected chi connectivity index (χ4v) is 6.16. The van der Waals surface area contributed by atoms with Crippen LogP contribution in [0.1, 0.15) is 59.9 Å². The Balaban J connectivity index is 1.33. The molecule has 1 spiro atoms. The normalized spacial score (nSPS) is 26.4. The number of aryl methyl sites for hydroxylation is 2. The van der Waals surface area contributed by atoms with Gasteiger partial charge in [-0.2, -0.15) is 0 Å². The van der Waals surface area contributed by atoms with Crippen molar-refractivity contribution in [2.45, 2.75) is 71.1 Å². The minimum Gasteiger partial charge on any atom is -0.375 e. The van der Waals surface area contributed by atoms with Gasteiger partial charge in [-0.15, -0.1) is 11.3 Å². The molecule has 0 saturated carbocycles. The average molecular weight is 421 g/mol. The highest BCUT2D eigenvalue weighted by molar-refractivity contribution is 7.13. The third kappa shape index (κ3) is 4.53. The number of piperazine rings is 1. The van der Waals surface area contributed by atoms with Gasteiger partial charge < -0.3 is 9.64 Å². The van der Waals surface area contributed by atoms with E-state index in [1.165, 1.54) is 37.5 Å². The Morgan fingerprint density at radius 1 is 1.14 bits per heavy atom. The van der Waals surface area contributed by atoms with Gasteiger partial charge in [-0.1, -0.05) is 0 Å². The van der Waals surface area contributed by atoms with Crippen molar-refractivity contribution in [3.8, 4) is 0 Å². The van der Waals surface area contributed by atoms with Gasteiger partial charge >= 0.3 is 0 Å². The number of carbonyl (C=O) groups excluding carboxylic acids is 1. The van der Waals surface area contributed by atoms with Crippen LogP contribution in [0.5, 0.6) is 0 Å². The first kappa shape index (κ1) is 21.2. The molecule has 1 atom stereocenters. The van der Waals surface area contributed by atoms with Gasteiger partial charge in [0.15, 0.2) is 0 Å². The van der Waals surface area contributed by atoms with Crippen molar-refractivity contribution in [3.63, 3.8) is 0 Å². The third-order valence-electron chi connectivity index (χ3n) is 7.12. The van der Waals surface area contributed by atoms with Crippen LogP contribution in [0, 0.1) is 13.8 Å². The Morgan fingerprint density at radius 2 is 1.83 bits per heavy atom. The van der Waals surface area contributed by atoms with E-state index in [0.717, 1.165) is 61.0 Å². The summed E-state index contributed by atoms with van der Waals surface area (Å²) in [7, 11) is 0. The smallest absolute Gasteiger partial charge is 0.265 e. The molecular formula is C22H36N4O2S. The second-order valence-electron chi connectivity index (χ2n) is 9.28. The minimum atomic E-state index is -0.0342. The number of piperidine rings is 1. The van der Waals surface area contributed by atoms with Crippen LogP contribution in [0.15, 0.2) is 0 Å². The molecule has 1 aromatic heterocycles. The lowest BCUT2D eigenvalue weighted by atomic mass is 9.81. The second-order valence-corrected chi connectivity index (χ2v) is 10.5. The fourth-order valence-electron chi connectivity index (χ4n) is 5.27. The van der Waals surface area contributed by atoms with Gasteiger partial charge in [-0.3, -0.25) is 14.6 Å². The molecule has 0 unspecified atom stereocenters. The Labute approximate surface area is 179 Å². The van der Waals surface area contributed by atoms with Gasteiger partial charge in [0, 0.05) is 58.0 Å². The second kappa shape index (κ2) is 8.61. The summed E-state index contributed by atoms with van der Waals surface area (Å²) in [6.07, 6.45) is 4.18. The molecule has 3 saturated heterocycles. The molecule has 3 aliphatic rings. The van der Waals surface area contributed by atoms with E-state index in [0.29, 0.717) is 12.1 Å². The van der Waals surface area contributed by atoms with Gasteiger partial charge in [0.2, 0.25) is 0 Å². The molecule has 0 aliphatic carbocycles. The quantitative estimate of drug-likeness (QED) is 0.753. The van der Waals surface area contributed by atoms with E-state index in [1.807, 2.05) is 18.7 Å². The maximum atomic E-state index is 12.9. The van der Waals surface area contributed by atoms with Crippen LogP contribution in [0.2, 0.25) is 0 Å². The SMILES string of the molecule is Cc1nc(C)c(C(=O)N2CCC3(CC2)C[C@@H](N2CCN(C(C)C)CC2)CCO3)s1.